The second kappa shape index (κ2) is 7.95. The third kappa shape index (κ3) is 5.97. The van der Waals surface area contributed by atoms with Crippen molar-refractivity contribution in [2.75, 3.05) is 0 Å². The van der Waals surface area contributed by atoms with Crippen LogP contribution in [0.2, 0.25) is 0 Å². The van der Waals surface area contributed by atoms with E-state index in [1.807, 2.05) is 48.9 Å². The average Bonchev–Trinajstić information content (AvgIpc) is 2.43. The van der Waals surface area contributed by atoms with Crippen LogP contribution in [0.25, 0.3) is 11.3 Å². The molecule has 124 valence electrons. The number of pyridine rings is 1. The van der Waals surface area contributed by atoms with E-state index < -0.39 is 10.2 Å². The lowest BCUT2D eigenvalue weighted by molar-refractivity contribution is -2.00. The van der Waals surface area contributed by atoms with Crippen LogP contribution >= 0.6 is 22.6 Å². The number of hydrogen-bond acceptors (Lipinski definition) is 6. The van der Waals surface area contributed by atoms with Crippen LogP contribution in [0.5, 0.6) is 0 Å². The monoisotopic (exact) mass is 454 g/mol. The van der Waals surface area contributed by atoms with Crippen LogP contribution in [0.15, 0.2) is 36.4 Å². The maximum Gasteiger partial charge on any atom is 0.341 e. The van der Waals surface area contributed by atoms with Gasteiger partial charge >= 0.3 is 5.69 Å². The Morgan fingerprint density at radius 3 is 2.04 bits per heavy atom. The zero-order valence-electron chi connectivity index (χ0n) is 12.1. The number of hydrogen-bond donors (Lipinski definition) is 0. The molecule has 0 radical (unpaired) electrons. The minimum atomic E-state index is -4.94. The first kappa shape index (κ1) is 19.7. The lowest BCUT2D eigenvalue weighted by Crippen LogP contribution is -2.68. The molecule has 0 atom stereocenters. The van der Waals surface area contributed by atoms with E-state index in [9.17, 15) is 10.1 Å². The topological polar surface area (TPSA) is 139 Å². The number of nitro groups is 1. The van der Waals surface area contributed by atoms with Crippen LogP contribution in [0.3, 0.4) is 0 Å². The fraction of sp³-hybridized carbons (Fsp3) is 0.154. The Morgan fingerprint density at radius 2 is 1.61 bits per heavy atom. The fourth-order valence-corrected chi connectivity index (χ4v) is 2.53. The summed E-state index contributed by atoms with van der Waals surface area (Å²) in [5.41, 5.74) is 2.64. The molecule has 0 aliphatic carbocycles. The summed E-state index contributed by atoms with van der Waals surface area (Å²) in [5, 5.41) is 11.2. The van der Waals surface area contributed by atoms with Crippen molar-refractivity contribution < 1.29 is 38.4 Å². The molecule has 1 aromatic carbocycles. The number of nitrogens with zero attached hydrogens (tertiary/aromatic N) is 2. The molecular formula is C13H12ClIN2O6. The molecule has 0 spiro atoms. The van der Waals surface area contributed by atoms with E-state index in [-0.39, 0.29) is 10.6 Å². The fourth-order valence-electron chi connectivity index (χ4n) is 1.87. The van der Waals surface area contributed by atoms with E-state index in [0.717, 1.165) is 14.8 Å². The summed E-state index contributed by atoms with van der Waals surface area (Å²) in [5.74, 6) is 0. The third-order valence-corrected chi connectivity index (χ3v) is 4.03. The zero-order chi connectivity index (χ0) is 17.8. The third-order valence-electron chi connectivity index (χ3n) is 2.93. The molecule has 0 N–H and O–H groups in total. The van der Waals surface area contributed by atoms with Gasteiger partial charge in [0.15, 0.2) is 5.69 Å². The molecule has 0 aliphatic heterocycles. The van der Waals surface area contributed by atoms with Crippen molar-refractivity contribution in [1.82, 2.24) is 0 Å². The summed E-state index contributed by atoms with van der Waals surface area (Å²) in [6.45, 7) is 1.96. The van der Waals surface area contributed by atoms with Crippen LogP contribution in [0.1, 0.15) is 5.69 Å². The maximum atomic E-state index is 11.2. The number of rotatable bonds is 2. The van der Waals surface area contributed by atoms with Crippen molar-refractivity contribution in [3.8, 4) is 11.3 Å². The number of benzene rings is 1. The molecule has 0 amide bonds. The highest BCUT2D eigenvalue weighted by Crippen LogP contribution is 2.28. The summed E-state index contributed by atoms with van der Waals surface area (Å²) < 4.78 is 36.7. The van der Waals surface area contributed by atoms with E-state index >= 15 is 0 Å². The van der Waals surface area contributed by atoms with Gasteiger partial charge in [-0.2, -0.15) is 4.57 Å². The minimum absolute atomic E-state index is 0.138. The van der Waals surface area contributed by atoms with Gasteiger partial charge in [0.2, 0.25) is 0 Å². The first-order chi connectivity index (χ1) is 10.5. The Morgan fingerprint density at radius 1 is 1.13 bits per heavy atom. The summed E-state index contributed by atoms with van der Waals surface area (Å²) >= 11 is 2.12. The van der Waals surface area contributed by atoms with Crippen LogP contribution in [-0.2, 0) is 7.05 Å². The summed E-state index contributed by atoms with van der Waals surface area (Å²) in [6.07, 6.45) is 0. The van der Waals surface area contributed by atoms with Crippen LogP contribution < -0.4 is 23.2 Å². The standard InChI is InChI=1S/C13H12IN2O2.ClHO4/c1-9-11(14)8-12(16(17)18)13(15(9)2)10-6-4-3-5-7-10;2-1(3,4)5/h3-8H,1-2H3;(H,2,3,4,5)/q+1;/p-1. The normalized spacial score (nSPS) is 10.7. The Kier molecular flexibility index (Phi) is 6.80. The van der Waals surface area contributed by atoms with Crippen molar-refractivity contribution in [3.63, 3.8) is 0 Å². The molecular weight excluding hydrogens is 443 g/mol. The van der Waals surface area contributed by atoms with Gasteiger partial charge in [-0.15, -0.1) is 10.2 Å². The first-order valence-corrected chi connectivity index (χ1v) is 8.34. The van der Waals surface area contributed by atoms with Gasteiger partial charge in [-0.25, -0.2) is 18.6 Å². The van der Waals surface area contributed by atoms with E-state index in [1.165, 1.54) is 0 Å². The lowest BCUT2D eigenvalue weighted by Gasteiger charge is -2.17. The molecule has 1 heterocycles. The zero-order valence-corrected chi connectivity index (χ0v) is 15.0. The van der Waals surface area contributed by atoms with Crippen LogP contribution in [-0.4, -0.2) is 4.92 Å². The molecule has 0 unspecified atom stereocenters. The SMILES string of the molecule is Cc1c(I)cc([N+](=O)[O-])c(-c2ccccc2)[n+]1C.[O-][Cl+3]([O-])([O-])[O-]. The molecule has 0 saturated heterocycles. The van der Waals surface area contributed by atoms with Gasteiger partial charge in [-0.1, -0.05) is 18.2 Å². The molecule has 10 heteroatoms. The van der Waals surface area contributed by atoms with Crippen molar-refractivity contribution in [3.05, 3.63) is 55.8 Å². The Bertz CT molecular complexity index is 700. The highest BCUT2D eigenvalue weighted by Gasteiger charge is 2.28. The molecule has 2 rings (SSSR count). The molecule has 1 aromatic heterocycles. The predicted molar refractivity (Wildman–Crippen MR) is 77.2 cm³/mol. The largest absolute Gasteiger partial charge is 0.341 e. The highest BCUT2D eigenvalue weighted by atomic mass is 127. The Hall–Kier alpha value is -1.37. The quantitative estimate of drug-likeness (QED) is 0.228. The molecule has 2 aromatic rings. The van der Waals surface area contributed by atoms with Gasteiger partial charge in [0.05, 0.1) is 14.1 Å². The van der Waals surface area contributed by atoms with Crippen molar-refractivity contribution >= 4 is 28.3 Å². The van der Waals surface area contributed by atoms with E-state index in [2.05, 4.69) is 22.6 Å². The number of halogens is 2. The Labute approximate surface area is 147 Å². The van der Waals surface area contributed by atoms with Gasteiger partial charge in [-0.05, 0) is 34.7 Å². The lowest BCUT2D eigenvalue weighted by atomic mass is 10.1. The van der Waals surface area contributed by atoms with Gasteiger partial charge in [-0.3, -0.25) is 10.1 Å². The van der Waals surface area contributed by atoms with E-state index in [0.29, 0.717) is 5.69 Å². The summed E-state index contributed by atoms with van der Waals surface area (Å²) in [4.78, 5) is 10.9. The van der Waals surface area contributed by atoms with Gasteiger partial charge in [0.1, 0.15) is 7.05 Å². The minimum Gasteiger partial charge on any atom is -0.258 e. The smallest absolute Gasteiger partial charge is 0.258 e. The van der Waals surface area contributed by atoms with Gasteiger partial charge in [0, 0.05) is 13.0 Å². The van der Waals surface area contributed by atoms with Crippen molar-refractivity contribution in [1.29, 1.82) is 0 Å². The molecule has 8 nitrogen and oxygen atoms in total. The molecule has 0 fully saturated rings. The average molecular weight is 455 g/mol. The molecule has 23 heavy (non-hydrogen) atoms. The summed E-state index contributed by atoms with van der Waals surface area (Å²) in [7, 11) is -3.09. The van der Waals surface area contributed by atoms with Crippen molar-refractivity contribution in [2.45, 2.75) is 6.92 Å². The molecule has 0 bridgehead atoms. The number of aromatic nitrogens is 1. The van der Waals surface area contributed by atoms with Crippen LogP contribution in [0, 0.1) is 30.9 Å². The molecule has 0 saturated carbocycles. The Balaban J connectivity index is 0.000000463. The second-order valence-electron chi connectivity index (χ2n) is 4.37. The van der Waals surface area contributed by atoms with Gasteiger partial charge in [0.25, 0.3) is 5.69 Å². The molecule has 0 aliphatic rings. The first-order valence-electron chi connectivity index (χ1n) is 6.03. The van der Waals surface area contributed by atoms with Gasteiger partial charge < -0.3 is 0 Å². The predicted octanol–water partition coefficient (Wildman–Crippen LogP) is -1.76. The summed E-state index contributed by atoms with van der Waals surface area (Å²) in [6, 6.07) is 11.1. The highest BCUT2D eigenvalue weighted by molar-refractivity contribution is 14.1. The second-order valence-corrected chi connectivity index (χ2v) is 6.29. The maximum absolute atomic E-state index is 11.2. The van der Waals surface area contributed by atoms with E-state index in [4.69, 9.17) is 18.6 Å². The van der Waals surface area contributed by atoms with Crippen molar-refractivity contribution in [2.24, 2.45) is 7.05 Å². The van der Waals surface area contributed by atoms with Crippen LogP contribution in [0.4, 0.5) is 5.69 Å². The van der Waals surface area contributed by atoms with E-state index in [1.54, 1.807) is 6.07 Å².